The van der Waals surface area contributed by atoms with Crippen molar-refractivity contribution in [3.8, 4) is 0 Å². The van der Waals surface area contributed by atoms with Crippen LogP contribution in [0.1, 0.15) is 53.8 Å². The zero-order valence-corrected chi connectivity index (χ0v) is 19.1. The van der Waals surface area contributed by atoms with E-state index in [2.05, 4.69) is 12.2 Å². The Labute approximate surface area is 185 Å². The highest BCUT2D eigenvalue weighted by Crippen LogP contribution is 2.35. The molecule has 0 spiro atoms. The number of amides is 2. The molecule has 7 heteroatoms. The second-order valence-electron chi connectivity index (χ2n) is 7.07. The van der Waals surface area contributed by atoms with Gasteiger partial charge >= 0.3 is 0 Å². The number of hydrogen-bond donors (Lipinski definition) is 1. The van der Waals surface area contributed by atoms with Crippen molar-refractivity contribution in [1.29, 1.82) is 0 Å². The van der Waals surface area contributed by atoms with E-state index in [4.69, 9.17) is 0 Å². The van der Waals surface area contributed by atoms with Crippen LogP contribution in [0, 0.1) is 0 Å². The van der Waals surface area contributed by atoms with Gasteiger partial charge in [-0.2, -0.15) is 11.8 Å². The summed E-state index contributed by atoms with van der Waals surface area (Å²) in [7, 11) is -1.48. The van der Waals surface area contributed by atoms with Gasteiger partial charge in [0.25, 0.3) is 11.8 Å². The molecule has 1 aliphatic heterocycles. The molecule has 0 aromatic heterocycles. The molecule has 1 atom stereocenters. The van der Waals surface area contributed by atoms with Crippen LogP contribution < -0.4 is 10.2 Å². The second-order valence-corrected chi connectivity index (χ2v) is 9.71. The Morgan fingerprint density at radius 3 is 2.60 bits per heavy atom. The average Bonchev–Trinajstić information content (AvgIpc) is 2.86. The van der Waals surface area contributed by atoms with Crippen molar-refractivity contribution in [1.82, 2.24) is 5.32 Å². The van der Waals surface area contributed by atoms with Gasteiger partial charge in [-0.05, 0) is 61.6 Å². The maximum absolute atomic E-state index is 13.2. The van der Waals surface area contributed by atoms with Crippen LogP contribution in [0.5, 0.6) is 0 Å². The molecule has 2 aromatic rings. The maximum atomic E-state index is 13.2. The molecular weight excluding hydrogens is 416 g/mol. The van der Waals surface area contributed by atoms with Gasteiger partial charge in [-0.15, -0.1) is 0 Å². The molecule has 3 rings (SSSR count). The summed E-state index contributed by atoms with van der Waals surface area (Å²) in [6, 6.07) is 12.1. The Bertz CT molecular complexity index is 946. The third-order valence-electron chi connectivity index (χ3n) is 4.98. The lowest BCUT2D eigenvalue weighted by Gasteiger charge is -2.21. The molecule has 0 unspecified atom stereocenters. The summed E-state index contributed by atoms with van der Waals surface area (Å²) in [6.07, 6.45) is 3.35. The van der Waals surface area contributed by atoms with Gasteiger partial charge in [-0.25, -0.2) is 4.21 Å². The number of rotatable bonds is 9. The van der Waals surface area contributed by atoms with Gasteiger partial charge in [-0.3, -0.25) is 9.59 Å². The van der Waals surface area contributed by atoms with Crippen LogP contribution in [0.25, 0.3) is 0 Å². The molecule has 0 saturated carbocycles. The molecule has 0 radical (unpaired) electrons. The highest BCUT2D eigenvalue weighted by molar-refractivity contribution is 7.99. The topological polar surface area (TPSA) is 66.5 Å². The molecule has 1 heterocycles. The molecule has 30 heavy (non-hydrogen) atoms. The van der Waals surface area contributed by atoms with Crippen LogP contribution in [-0.4, -0.2) is 40.6 Å². The van der Waals surface area contributed by atoms with E-state index in [9.17, 15) is 13.8 Å². The molecule has 2 amide bonds. The van der Waals surface area contributed by atoms with Crippen LogP contribution in [0.3, 0.4) is 0 Å². The molecule has 0 saturated heterocycles. The molecular formula is C23H28N2O3S2. The summed E-state index contributed by atoms with van der Waals surface area (Å²) in [4.78, 5) is 28.4. The summed E-state index contributed by atoms with van der Waals surface area (Å²) >= 11 is 1.91. The summed E-state index contributed by atoms with van der Waals surface area (Å²) in [5, 5.41) is 2.95. The number of thioether (sulfide) groups is 1. The van der Waals surface area contributed by atoms with Gasteiger partial charge in [0.05, 0.1) is 31.8 Å². The summed E-state index contributed by atoms with van der Waals surface area (Å²) in [5.41, 5.74) is 1.46. The molecule has 0 bridgehead atoms. The minimum Gasteiger partial charge on any atom is -0.352 e. The number of benzene rings is 2. The lowest BCUT2D eigenvalue weighted by atomic mass is 10.1. The van der Waals surface area contributed by atoms with Gasteiger partial charge in [0.2, 0.25) is 0 Å². The largest absolute Gasteiger partial charge is 0.352 e. The lowest BCUT2D eigenvalue weighted by molar-refractivity contribution is 0.0950. The minimum absolute atomic E-state index is 0.174. The minimum atomic E-state index is -1.48. The van der Waals surface area contributed by atoms with E-state index in [1.807, 2.05) is 18.7 Å². The zero-order valence-electron chi connectivity index (χ0n) is 17.5. The first-order chi connectivity index (χ1) is 14.6. The predicted molar refractivity (Wildman–Crippen MR) is 124 cm³/mol. The van der Waals surface area contributed by atoms with Gasteiger partial charge in [0.15, 0.2) is 0 Å². The Hall–Kier alpha value is -2.12. The van der Waals surface area contributed by atoms with Crippen molar-refractivity contribution in [3.05, 3.63) is 53.6 Å². The summed E-state index contributed by atoms with van der Waals surface area (Å²) < 4.78 is 13.2. The SMILES string of the molecule is CCCCSCCCNC(=O)c1ccc2c(c1)N(CC)C(=O)c1ccccc1[S@]2=O. The highest BCUT2D eigenvalue weighted by atomic mass is 32.2. The van der Waals surface area contributed by atoms with Gasteiger partial charge in [0, 0.05) is 18.7 Å². The Morgan fingerprint density at radius 2 is 1.83 bits per heavy atom. The maximum Gasteiger partial charge on any atom is 0.259 e. The van der Waals surface area contributed by atoms with Crippen molar-refractivity contribution in [2.45, 2.75) is 42.9 Å². The van der Waals surface area contributed by atoms with E-state index in [1.165, 1.54) is 12.8 Å². The number of nitrogens with one attached hydrogen (secondary N) is 1. The van der Waals surface area contributed by atoms with Gasteiger partial charge in [-0.1, -0.05) is 25.5 Å². The fourth-order valence-electron chi connectivity index (χ4n) is 3.35. The number of unbranched alkanes of at least 4 members (excludes halogenated alkanes) is 1. The van der Waals surface area contributed by atoms with Gasteiger partial charge < -0.3 is 10.2 Å². The Morgan fingerprint density at radius 1 is 1.07 bits per heavy atom. The van der Waals surface area contributed by atoms with E-state index in [-0.39, 0.29) is 11.8 Å². The fraction of sp³-hybridized carbons (Fsp3) is 0.391. The zero-order chi connectivity index (χ0) is 21.5. The van der Waals surface area contributed by atoms with E-state index in [0.717, 1.165) is 17.9 Å². The standard InChI is InChI=1S/C23H28N2O3S2/c1-3-5-14-29-15-8-13-24-22(26)17-11-12-21-19(16-17)25(4-2)23(27)18-9-6-7-10-20(18)30(21)28/h6-7,9-12,16H,3-5,8,13-15H2,1-2H3,(H,24,26)/t30-/m1/s1. The predicted octanol–water partition coefficient (Wildman–Crippen LogP) is 4.49. The molecule has 160 valence electrons. The van der Waals surface area contributed by atoms with E-state index < -0.39 is 10.8 Å². The molecule has 1 N–H and O–H groups in total. The number of carbonyl (C=O) groups is 2. The fourth-order valence-corrected chi connectivity index (χ4v) is 5.74. The average molecular weight is 445 g/mol. The van der Waals surface area contributed by atoms with Crippen LogP contribution in [-0.2, 0) is 10.8 Å². The van der Waals surface area contributed by atoms with Crippen LogP contribution in [0.2, 0.25) is 0 Å². The van der Waals surface area contributed by atoms with Gasteiger partial charge in [0.1, 0.15) is 0 Å². The molecule has 5 nitrogen and oxygen atoms in total. The smallest absolute Gasteiger partial charge is 0.259 e. The number of anilines is 1. The number of hydrogen-bond acceptors (Lipinski definition) is 4. The van der Waals surface area contributed by atoms with Crippen LogP contribution >= 0.6 is 11.8 Å². The summed E-state index contributed by atoms with van der Waals surface area (Å²) in [6.45, 7) is 5.10. The van der Waals surface area contributed by atoms with Crippen molar-refractivity contribution >= 4 is 40.1 Å². The number of fused-ring (bicyclic) bond motifs is 2. The second kappa shape index (κ2) is 10.8. The van der Waals surface area contributed by atoms with Crippen molar-refractivity contribution in [2.24, 2.45) is 0 Å². The van der Waals surface area contributed by atoms with Crippen molar-refractivity contribution in [2.75, 3.05) is 29.5 Å². The van der Waals surface area contributed by atoms with E-state index >= 15 is 0 Å². The molecule has 1 aliphatic rings. The quantitative estimate of drug-likeness (QED) is 0.579. The van der Waals surface area contributed by atoms with E-state index in [1.54, 1.807) is 47.4 Å². The van der Waals surface area contributed by atoms with Crippen LogP contribution in [0.15, 0.2) is 52.3 Å². The first-order valence-electron chi connectivity index (χ1n) is 10.4. The highest BCUT2D eigenvalue weighted by Gasteiger charge is 2.30. The first-order valence-corrected chi connectivity index (χ1v) is 12.7. The normalized spacial score (nSPS) is 15.3. The Balaban J connectivity index is 1.76. The van der Waals surface area contributed by atoms with Crippen molar-refractivity contribution in [3.63, 3.8) is 0 Å². The molecule has 0 fully saturated rings. The third-order valence-corrected chi connectivity index (χ3v) is 7.64. The Kier molecular flexibility index (Phi) is 8.10. The van der Waals surface area contributed by atoms with E-state index in [0.29, 0.717) is 39.7 Å². The van der Waals surface area contributed by atoms with Crippen LogP contribution in [0.4, 0.5) is 5.69 Å². The first kappa shape index (κ1) is 22.6. The lowest BCUT2D eigenvalue weighted by Crippen LogP contribution is -2.31. The third kappa shape index (κ3) is 4.95. The van der Waals surface area contributed by atoms with Crippen molar-refractivity contribution < 1.29 is 13.8 Å². The molecule has 0 aliphatic carbocycles. The number of carbonyl (C=O) groups excluding carboxylic acids is 2. The monoisotopic (exact) mass is 444 g/mol. The molecule has 2 aromatic carbocycles. The number of nitrogens with zero attached hydrogens (tertiary/aromatic N) is 1. The summed E-state index contributed by atoms with van der Waals surface area (Å²) in [5.74, 6) is 1.82.